The summed E-state index contributed by atoms with van der Waals surface area (Å²) in [6.07, 6.45) is 4.35. The summed E-state index contributed by atoms with van der Waals surface area (Å²) in [6.45, 7) is 4.52. The van der Waals surface area contributed by atoms with Gasteiger partial charge in [0, 0.05) is 32.2 Å². The van der Waals surface area contributed by atoms with Gasteiger partial charge in [-0.05, 0) is 43.4 Å². The molecule has 3 atom stereocenters. The highest BCUT2D eigenvalue weighted by atomic mass is 16.5. The first-order chi connectivity index (χ1) is 13.2. The summed E-state index contributed by atoms with van der Waals surface area (Å²) in [4.78, 5) is 16.7. The van der Waals surface area contributed by atoms with E-state index in [0.717, 1.165) is 64.2 Å². The predicted molar refractivity (Wildman–Crippen MR) is 102 cm³/mol. The molecule has 1 amide bonds. The Labute approximate surface area is 161 Å². The standard InChI is InChI=1S/C21H30N2O4/c1-25-17-6-4-16(5-7-17)14-23-12-13-26-21-18(23)8-9-19(21)27-15-20(24)22-10-2-3-11-22/h4-7,18-19,21H,2-3,8-15H2,1H3/t18-,19+,21+/m1/s1. The highest BCUT2D eigenvalue weighted by molar-refractivity contribution is 5.77. The van der Waals surface area contributed by atoms with Crippen LogP contribution in [0, 0.1) is 0 Å². The van der Waals surface area contributed by atoms with Crippen molar-refractivity contribution in [1.29, 1.82) is 0 Å². The fourth-order valence-electron chi connectivity index (χ4n) is 4.57. The quantitative estimate of drug-likeness (QED) is 0.763. The molecule has 27 heavy (non-hydrogen) atoms. The lowest BCUT2D eigenvalue weighted by Gasteiger charge is -2.39. The van der Waals surface area contributed by atoms with Crippen molar-refractivity contribution in [1.82, 2.24) is 9.80 Å². The van der Waals surface area contributed by atoms with Crippen molar-refractivity contribution in [2.24, 2.45) is 0 Å². The fourth-order valence-corrected chi connectivity index (χ4v) is 4.57. The normalized spacial score (nSPS) is 28.3. The van der Waals surface area contributed by atoms with Crippen molar-refractivity contribution in [3.8, 4) is 5.75 Å². The largest absolute Gasteiger partial charge is 0.497 e. The number of nitrogens with zero attached hydrogens (tertiary/aromatic N) is 2. The van der Waals surface area contributed by atoms with Crippen LogP contribution in [-0.2, 0) is 20.8 Å². The molecule has 6 heteroatoms. The summed E-state index contributed by atoms with van der Waals surface area (Å²) < 4.78 is 17.3. The van der Waals surface area contributed by atoms with E-state index in [4.69, 9.17) is 14.2 Å². The second-order valence-electron chi connectivity index (χ2n) is 7.74. The van der Waals surface area contributed by atoms with E-state index in [1.807, 2.05) is 17.0 Å². The molecular weight excluding hydrogens is 344 g/mol. The zero-order valence-corrected chi connectivity index (χ0v) is 16.1. The molecule has 0 bridgehead atoms. The van der Waals surface area contributed by atoms with Crippen molar-refractivity contribution in [3.05, 3.63) is 29.8 Å². The number of hydrogen-bond acceptors (Lipinski definition) is 5. The van der Waals surface area contributed by atoms with Gasteiger partial charge in [0.2, 0.25) is 5.91 Å². The molecule has 3 aliphatic rings. The van der Waals surface area contributed by atoms with Crippen LogP contribution in [0.4, 0.5) is 0 Å². The van der Waals surface area contributed by atoms with Gasteiger partial charge in [0.1, 0.15) is 12.4 Å². The van der Waals surface area contributed by atoms with Gasteiger partial charge >= 0.3 is 0 Å². The Bertz CT molecular complexity index is 630. The van der Waals surface area contributed by atoms with E-state index in [0.29, 0.717) is 6.04 Å². The Morgan fingerprint density at radius 1 is 1.15 bits per heavy atom. The van der Waals surface area contributed by atoms with Gasteiger partial charge in [-0.25, -0.2) is 0 Å². The molecule has 0 unspecified atom stereocenters. The number of hydrogen-bond donors (Lipinski definition) is 0. The fraction of sp³-hybridized carbons (Fsp3) is 0.667. The van der Waals surface area contributed by atoms with E-state index < -0.39 is 0 Å². The van der Waals surface area contributed by atoms with E-state index >= 15 is 0 Å². The summed E-state index contributed by atoms with van der Waals surface area (Å²) in [5.74, 6) is 1.01. The van der Waals surface area contributed by atoms with Crippen LogP contribution in [0.5, 0.6) is 5.75 Å². The van der Waals surface area contributed by atoms with Crippen LogP contribution in [0.2, 0.25) is 0 Å². The number of fused-ring (bicyclic) bond motifs is 1. The maximum absolute atomic E-state index is 12.3. The lowest BCUT2D eigenvalue weighted by molar-refractivity contribution is -0.145. The maximum atomic E-state index is 12.3. The average Bonchev–Trinajstić information content (AvgIpc) is 3.37. The molecule has 0 aromatic heterocycles. The second-order valence-corrected chi connectivity index (χ2v) is 7.74. The topological polar surface area (TPSA) is 51.2 Å². The number of carbonyl (C=O) groups is 1. The smallest absolute Gasteiger partial charge is 0.248 e. The van der Waals surface area contributed by atoms with Crippen molar-refractivity contribution < 1.29 is 19.0 Å². The van der Waals surface area contributed by atoms with Crippen molar-refractivity contribution in [2.45, 2.75) is 50.5 Å². The third kappa shape index (κ3) is 4.28. The summed E-state index contributed by atoms with van der Waals surface area (Å²) in [6, 6.07) is 8.64. The molecule has 1 aromatic carbocycles. The first-order valence-electron chi connectivity index (χ1n) is 10.1. The molecule has 148 valence electrons. The summed E-state index contributed by atoms with van der Waals surface area (Å²) in [5.41, 5.74) is 1.28. The molecule has 2 saturated heterocycles. The Kier molecular flexibility index (Phi) is 5.95. The molecule has 0 spiro atoms. The summed E-state index contributed by atoms with van der Waals surface area (Å²) in [7, 11) is 1.69. The molecule has 6 nitrogen and oxygen atoms in total. The van der Waals surface area contributed by atoms with Crippen molar-refractivity contribution in [2.75, 3.05) is 40.0 Å². The van der Waals surface area contributed by atoms with E-state index in [9.17, 15) is 4.79 Å². The van der Waals surface area contributed by atoms with Crippen LogP contribution in [0.1, 0.15) is 31.2 Å². The Hall–Kier alpha value is -1.63. The Balaban J connectivity index is 1.31. The summed E-state index contributed by atoms with van der Waals surface area (Å²) in [5, 5.41) is 0. The van der Waals surface area contributed by atoms with Crippen LogP contribution in [0.15, 0.2) is 24.3 Å². The molecule has 3 fully saturated rings. The minimum absolute atomic E-state index is 0.0280. The van der Waals surface area contributed by atoms with Gasteiger partial charge in [0.05, 0.1) is 25.9 Å². The number of methoxy groups -OCH3 is 1. The molecule has 4 rings (SSSR count). The first kappa shape index (κ1) is 18.7. The minimum Gasteiger partial charge on any atom is -0.497 e. The Morgan fingerprint density at radius 2 is 1.93 bits per heavy atom. The van der Waals surface area contributed by atoms with Crippen LogP contribution in [-0.4, -0.2) is 73.9 Å². The number of rotatable bonds is 6. The molecule has 0 radical (unpaired) electrons. The van der Waals surface area contributed by atoms with Crippen LogP contribution >= 0.6 is 0 Å². The SMILES string of the molecule is COc1ccc(CN2CCO[C@@H]3[C@@H](OCC(=O)N4CCCC4)CC[C@H]32)cc1. The second kappa shape index (κ2) is 8.59. The zero-order chi connectivity index (χ0) is 18.6. The number of ether oxygens (including phenoxy) is 3. The van der Waals surface area contributed by atoms with Crippen molar-refractivity contribution in [3.63, 3.8) is 0 Å². The van der Waals surface area contributed by atoms with E-state index in [1.165, 1.54) is 5.56 Å². The van der Waals surface area contributed by atoms with E-state index in [1.54, 1.807) is 7.11 Å². The van der Waals surface area contributed by atoms with Crippen LogP contribution < -0.4 is 4.74 Å². The van der Waals surface area contributed by atoms with Gasteiger partial charge in [-0.15, -0.1) is 0 Å². The molecule has 2 aliphatic heterocycles. The third-order valence-corrected chi connectivity index (χ3v) is 6.07. The van der Waals surface area contributed by atoms with Crippen molar-refractivity contribution >= 4 is 5.91 Å². The van der Waals surface area contributed by atoms with Gasteiger partial charge in [0.15, 0.2) is 0 Å². The van der Waals surface area contributed by atoms with Gasteiger partial charge in [-0.1, -0.05) is 12.1 Å². The monoisotopic (exact) mass is 374 g/mol. The molecule has 1 saturated carbocycles. The lowest BCUT2D eigenvalue weighted by Crippen LogP contribution is -2.51. The third-order valence-electron chi connectivity index (χ3n) is 6.07. The number of carbonyl (C=O) groups excluding carboxylic acids is 1. The number of amides is 1. The number of morpholine rings is 1. The Morgan fingerprint density at radius 3 is 2.67 bits per heavy atom. The highest BCUT2D eigenvalue weighted by Gasteiger charge is 2.43. The number of likely N-dealkylation sites (tertiary alicyclic amines) is 1. The van der Waals surface area contributed by atoms with Crippen LogP contribution in [0.3, 0.4) is 0 Å². The lowest BCUT2D eigenvalue weighted by atomic mass is 10.1. The first-order valence-corrected chi connectivity index (χ1v) is 10.1. The zero-order valence-electron chi connectivity index (χ0n) is 16.1. The van der Waals surface area contributed by atoms with E-state index in [2.05, 4.69) is 17.0 Å². The van der Waals surface area contributed by atoms with Gasteiger partial charge in [-0.2, -0.15) is 0 Å². The highest BCUT2D eigenvalue weighted by Crippen LogP contribution is 2.33. The molecule has 1 aliphatic carbocycles. The van der Waals surface area contributed by atoms with E-state index in [-0.39, 0.29) is 24.7 Å². The molecule has 1 aromatic rings. The molecule has 0 N–H and O–H groups in total. The van der Waals surface area contributed by atoms with Gasteiger partial charge in [0.25, 0.3) is 0 Å². The number of benzene rings is 1. The predicted octanol–water partition coefficient (Wildman–Crippen LogP) is 2.07. The van der Waals surface area contributed by atoms with Gasteiger partial charge in [-0.3, -0.25) is 9.69 Å². The summed E-state index contributed by atoms with van der Waals surface area (Å²) >= 11 is 0. The molecular formula is C21H30N2O4. The maximum Gasteiger partial charge on any atom is 0.248 e. The minimum atomic E-state index is 0.0280. The molecule has 2 heterocycles. The average molecular weight is 374 g/mol. The van der Waals surface area contributed by atoms with Gasteiger partial charge < -0.3 is 19.1 Å². The van der Waals surface area contributed by atoms with Crippen LogP contribution in [0.25, 0.3) is 0 Å².